The number of benzene rings is 2. The summed E-state index contributed by atoms with van der Waals surface area (Å²) in [5.74, 6) is 1.96. The van der Waals surface area contributed by atoms with E-state index >= 15 is 0 Å². The van der Waals surface area contributed by atoms with E-state index in [1.165, 1.54) is 8.76 Å². The Morgan fingerprint density at radius 2 is 1.83 bits per heavy atom. The van der Waals surface area contributed by atoms with Gasteiger partial charge in [0.15, 0.2) is 0 Å². The van der Waals surface area contributed by atoms with E-state index in [4.69, 9.17) is 14.2 Å². The maximum Gasteiger partial charge on any atom is 0.125 e. The molecule has 0 saturated carbocycles. The van der Waals surface area contributed by atoms with Gasteiger partial charge < -0.3 is 19.3 Å². The van der Waals surface area contributed by atoms with Crippen LogP contribution in [0.15, 0.2) is 42.5 Å². The highest BCUT2D eigenvalue weighted by Crippen LogP contribution is 2.47. The Balaban J connectivity index is 2.00. The molecule has 0 radical (unpaired) electrons. The average molecular weight is 526 g/mol. The molecule has 1 unspecified atom stereocenters. The van der Waals surface area contributed by atoms with Gasteiger partial charge in [0.2, 0.25) is 0 Å². The predicted molar refractivity (Wildman–Crippen MR) is 128 cm³/mol. The lowest BCUT2D eigenvalue weighted by Crippen LogP contribution is -2.54. The second-order valence-electron chi connectivity index (χ2n) is 8.35. The normalized spacial score (nSPS) is 22.5. The number of methoxy groups -OCH3 is 2. The fourth-order valence-electron chi connectivity index (χ4n) is 4.66. The summed E-state index contributed by atoms with van der Waals surface area (Å²) in [6.45, 7) is 7.11. The molecule has 0 bridgehead atoms. The van der Waals surface area contributed by atoms with Gasteiger partial charge in [-0.1, -0.05) is 37.3 Å². The van der Waals surface area contributed by atoms with Crippen LogP contribution in [0.3, 0.4) is 0 Å². The zero-order valence-corrected chi connectivity index (χ0v) is 21.0. The number of fused-ring (bicyclic) bond motifs is 1. The van der Waals surface area contributed by atoms with Crippen molar-refractivity contribution in [3.05, 3.63) is 51.6 Å². The maximum atomic E-state index is 9.92. The topological polar surface area (TPSA) is 47.9 Å². The van der Waals surface area contributed by atoms with Gasteiger partial charge in [-0.05, 0) is 64.9 Å². The number of hydrogen-bond acceptors (Lipinski definition) is 4. The fraction of sp³-hybridized carbons (Fsp3) is 0.478. The molecule has 0 spiro atoms. The second-order valence-corrected chi connectivity index (χ2v) is 14.4. The first kappa shape index (κ1) is 22.6. The molecule has 158 valence electrons. The van der Waals surface area contributed by atoms with Crippen molar-refractivity contribution in [2.24, 2.45) is 5.92 Å². The van der Waals surface area contributed by atoms with E-state index in [1.54, 1.807) is 14.2 Å². The van der Waals surface area contributed by atoms with Gasteiger partial charge in [-0.15, -0.1) is 0 Å². The standard InChI is InChI=1S/C23H31IO4Si/c1-15-22(27-3)19-14-16(24)6-11-20(19)28-23(15)21(12-13-25)29(4,5)18-9-7-17(26-2)8-10-18/h6-11,14-15,21-23,25H,12-13H2,1-5H3/t15-,21?,22-,23-/m1/s1. The lowest BCUT2D eigenvalue weighted by Gasteiger charge is -2.45. The van der Waals surface area contributed by atoms with E-state index in [-0.39, 0.29) is 30.3 Å². The number of halogens is 1. The summed E-state index contributed by atoms with van der Waals surface area (Å²) in [4.78, 5) is 0. The third kappa shape index (κ3) is 4.50. The van der Waals surface area contributed by atoms with E-state index in [2.05, 4.69) is 72.9 Å². The van der Waals surface area contributed by atoms with Crippen molar-refractivity contribution in [1.82, 2.24) is 0 Å². The largest absolute Gasteiger partial charge is 0.497 e. The molecule has 4 atom stereocenters. The molecule has 0 fully saturated rings. The molecule has 2 aromatic rings. The molecule has 1 aliphatic rings. The van der Waals surface area contributed by atoms with E-state index in [9.17, 15) is 5.11 Å². The number of aliphatic hydroxyl groups excluding tert-OH is 1. The van der Waals surface area contributed by atoms with E-state index in [0.717, 1.165) is 23.5 Å². The Kier molecular flexibility index (Phi) is 7.30. The molecule has 0 aromatic heterocycles. The van der Waals surface area contributed by atoms with Crippen LogP contribution in [-0.4, -0.2) is 40.1 Å². The molecule has 0 amide bonds. The van der Waals surface area contributed by atoms with Crippen molar-refractivity contribution in [2.45, 2.75) is 44.2 Å². The molecule has 0 aliphatic carbocycles. The minimum absolute atomic E-state index is 0.0107. The molecular formula is C23H31IO4Si. The minimum Gasteiger partial charge on any atom is -0.497 e. The summed E-state index contributed by atoms with van der Waals surface area (Å²) in [6.07, 6.45) is 0.694. The Hall–Kier alpha value is -1.09. The van der Waals surface area contributed by atoms with E-state index in [1.807, 2.05) is 12.1 Å². The van der Waals surface area contributed by atoms with Crippen molar-refractivity contribution in [1.29, 1.82) is 0 Å². The Morgan fingerprint density at radius 3 is 2.41 bits per heavy atom. The summed E-state index contributed by atoms with van der Waals surface area (Å²) in [5, 5.41) is 11.3. The molecule has 6 heteroatoms. The van der Waals surface area contributed by atoms with Crippen LogP contribution in [0.2, 0.25) is 18.6 Å². The van der Waals surface area contributed by atoms with Gasteiger partial charge in [0, 0.05) is 28.8 Å². The van der Waals surface area contributed by atoms with Crippen LogP contribution in [0.25, 0.3) is 0 Å². The third-order valence-electron chi connectivity index (χ3n) is 6.39. The molecule has 4 nitrogen and oxygen atoms in total. The zero-order valence-electron chi connectivity index (χ0n) is 17.8. The third-order valence-corrected chi connectivity index (χ3v) is 11.4. The monoisotopic (exact) mass is 526 g/mol. The lowest BCUT2D eigenvalue weighted by atomic mass is 9.86. The van der Waals surface area contributed by atoms with Crippen LogP contribution in [0.1, 0.15) is 25.0 Å². The van der Waals surface area contributed by atoms with Crippen molar-refractivity contribution >= 4 is 35.9 Å². The number of hydrogen-bond donors (Lipinski definition) is 1. The number of ether oxygens (including phenoxy) is 3. The van der Waals surface area contributed by atoms with Crippen molar-refractivity contribution < 1.29 is 19.3 Å². The number of aliphatic hydroxyl groups is 1. The Labute approximate surface area is 188 Å². The minimum atomic E-state index is -1.97. The van der Waals surface area contributed by atoms with Gasteiger partial charge in [0.25, 0.3) is 0 Å². The average Bonchev–Trinajstić information content (AvgIpc) is 2.72. The Morgan fingerprint density at radius 1 is 1.14 bits per heavy atom. The highest BCUT2D eigenvalue weighted by Gasteiger charge is 2.46. The predicted octanol–water partition coefficient (Wildman–Crippen LogP) is 4.75. The zero-order chi connectivity index (χ0) is 21.2. The van der Waals surface area contributed by atoms with Crippen LogP contribution in [0, 0.1) is 9.49 Å². The molecule has 29 heavy (non-hydrogen) atoms. The molecule has 3 rings (SSSR count). The van der Waals surface area contributed by atoms with Gasteiger partial charge in [-0.25, -0.2) is 0 Å². The first-order valence-corrected chi connectivity index (χ1v) is 14.2. The maximum absolute atomic E-state index is 9.92. The highest BCUT2D eigenvalue weighted by molar-refractivity contribution is 14.1. The smallest absolute Gasteiger partial charge is 0.125 e. The van der Waals surface area contributed by atoms with Gasteiger partial charge >= 0.3 is 0 Å². The summed E-state index contributed by atoms with van der Waals surface area (Å²) in [7, 11) is 1.50. The van der Waals surface area contributed by atoms with E-state index < -0.39 is 8.07 Å². The molecule has 2 aromatic carbocycles. The fourth-order valence-corrected chi connectivity index (χ4v) is 8.67. The summed E-state index contributed by atoms with van der Waals surface area (Å²) < 4.78 is 19.1. The van der Waals surface area contributed by atoms with Crippen LogP contribution in [0.4, 0.5) is 0 Å². The summed E-state index contributed by atoms with van der Waals surface area (Å²) >= 11 is 2.33. The summed E-state index contributed by atoms with van der Waals surface area (Å²) in [6, 6.07) is 14.7. The Bertz CT molecular complexity index is 824. The quantitative estimate of drug-likeness (QED) is 0.418. The van der Waals surface area contributed by atoms with Crippen LogP contribution in [-0.2, 0) is 4.74 Å². The first-order valence-electron chi connectivity index (χ1n) is 10.1. The van der Waals surface area contributed by atoms with E-state index in [0.29, 0.717) is 0 Å². The number of rotatable bonds is 7. The summed E-state index contributed by atoms with van der Waals surface area (Å²) in [5.41, 5.74) is 1.37. The molecule has 1 aliphatic heterocycles. The lowest BCUT2D eigenvalue weighted by molar-refractivity contribution is -0.0242. The first-order chi connectivity index (χ1) is 13.8. The SMILES string of the molecule is COc1ccc([Si](C)(C)C(CCO)[C@@H]2Oc3ccc(I)cc3[C@H](OC)[C@H]2C)cc1. The van der Waals surface area contributed by atoms with Gasteiger partial charge in [0.1, 0.15) is 17.6 Å². The molecule has 1 heterocycles. The molecular weight excluding hydrogens is 495 g/mol. The van der Waals surface area contributed by atoms with Gasteiger partial charge in [-0.3, -0.25) is 0 Å². The molecule has 0 saturated heterocycles. The molecule has 1 N–H and O–H groups in total. The van der Waals surface area contributed by atoms with Crippen molar-refractivity contribution in [3.63, 3.8) is 0 Å². The van der Waals surface area contributed by atoms with Crippen LogP contribution in [0.5, 0.6) is 11.5 Å². The van der Waals surface area contributed by atoms with Crippen LogP contribution >= 0.6 is 22.6 Å². The van der Waals surface area contributed by atoms with Gasteiger partial charge in [-0.2, -0.15) is 0 Å². The van der Waals surface area contributed by atoms with Crippen molar-refractivity contribution in [3.8, 4) is 11.5 Å². The van der Waals surface area contributed by atoms with Gasteiger partial charge in [0.05, 0.1) is 21.3 Å². The highest BCUT2D eigenvalue weighted by atomic mass is 127. The van der Waals surface area contributed by atoms with Crippen LogP contribution < -0.4 is 14.7 Å². The second kappa shape index (κ2) is 9.37. The van der Waals surface area contributed by atoms with Crippen molar-refractivity contribution in [2.75, 3.05) is 20.8 Å².